The first kappa shape index (κ1) is 10.6. The molecular weight excluding hydrogens is 274 g/mol. The lowest BCUT2D eigenvalue weighted by molar-refractivity contribution is 0.998. The van der Waals surface area contributed by atoms with Gasteiger partial charge >= 0.3 is 0 Å². The highest BCUT2D eigenvalue weighted by molar-refractivity contribution is 9.10. The maximum absolute atomic E-state index is 3.97. The molecule has 0 fully saturated rings. The number of hydrogen-bond donors (Lipinski definition) is 1. The lowest BCUT2D eigenvalue weighted by Gasteiger charge is -2.05. The third-order valence-electron chi connectivity index (χ3n) is 2.05. The monoisotopic (exact) mass is 283 g/mol. The Kier molecular flexibility index (Phi) is 3.33. The molecule has 0 amide bonds. The van der Waals surface area contributed by atoms with E-state index in [1.54, 1.807) is 0 Å². The molecule has 3 nitrogen and oxygen atoms in total. The van der Waals surface area contributed by atoms with Crippen LogP contribution in [-0.2, 0) is 6.54 Å². The number of aromatic nitrogens is 2. The normalized spacial score (nSPS) is 10.3. The highest BCUT2D eigenvalue weighted by Gasteiger charge is 1.99. The molecule has 0 saturated carbocycles. The Morgan fingerprint density at radius 2 is 2.33 bits per heavy atom. The van der Waals surface area contributed by atoms with Gasteiger partial charge in [-0.25, -0.2) is 0 Å². The summed E-state index contributed by atoms with van der Waals surface area (Å²) in [5, 5.41) is 9.20. The van der Waals surface area contributed by atoms with Crippen molar-refractivity contribution >= 4 is 33.1 Å². The second-order valence-electron chi connectivity index (χ2n) is 3.21. The van der Waals surface area contributed by atoms with Crippen molar-refractivity contribution in [3.05, 3.63) is 39.3 Å². The Bertz CT molecular complexity index is 442. The molecule has 0 aliphatic heterocycles. The van der Waals surface area contributed by atoms with E-state index in [2.05, 4.69) is 56.0 Å². The molecule has 1 aromatic heterocycles. The Morgan fingerprint density at radius 1 is 1.47 bits per heavy atom. The van der Waals surface area contributed by atoms with Crippen molar-refractivity contribution in [1.29, 1.82) is 0 Å². The summed E-state index contributed by atoms with van der Waals surface area (Å²) in [6.45, 7) is 2.78. The van der Waals surface area contributed by atoms with Crippen LogP contribution in [0.1, 0.15) is 11.3 Å². The van der Waals surface area contributed by atoms with Gasteiger partial charge in [0.05, 0.1) is 12.2 Å². The molecule has 0 atom stereocenters. The van der Waals surface area contributed by atoms with E-state index in [0.29, 0.717) is 6.54 Å². The van der Waals surface area contributed by atoms with Gasteiger partial charge < -0.3 is 5.32 Å². The summed E-state index contributed by atoms with van der Waals surface area (Å²) in [7, 11) is 0. The fourth-order valence-electron chi connectivity index (χ4n) is 1.16. The largest absolute Gasteiger partial charge is 0.379 e. The molecule has 0 aliphatic carbocycles. The molecule has 15 heavy (non-hydrogen) atoms. The molecule has 0 aliphatic rings. The Labute approximate surface area is 101 Å². The Balaban J connectivity index is 2.02. The van der Waals surface area contributed by atoms with E-state index in [9.17, 15) is 0 Å². The average molecular weight is 284 g/mol. The molecule has 0 bridgehead atoms. The van der Waals surface area contributed by atoms with Gasteiger partial charge in [-0.05, 0) is 36.2 Å². The van der Waals surface area contributed by atoms with Crippen LogP contribution in [-0.4, -0.2) is 9.59 Å². The van der Waals surface area contributed by atoms with Crippen LogP contribution in [0.3, 0.4) is 0 Å². The van der Waals surface area contributed by atoms with Gasteiger partial charge in [0.25, 0.3) is 0 Å². The van der Waals surface area contributed by atoms with Crippen LogP contribution < -0.4 is 5.32 Å². The maximum atomic E-state index is 3.97. The fraction of sp³-hybridized carbons (Fsp3) is 0.200. The van der Waals surface area contributed by atoms with Gasteiger partial charge in [0.2, 0.25) is 0 Å². The molecule has 2 rings (SSSR count). The number of hydrogen-bond acceptors (Lipinski definition) is 4. The maximum Gasteiger partial charge on any atom is 0.0946 e. The first-order valence-corrected chi connectivity index (χ1v) is 6.14. The summed E-state index contributed by atoms with van der Waals surface area (Å²) in [6, 6.07) is 6.20. The Morgan fingerprint density at radius 3 is 3.00 bits per heavy atom. The summed E-state index contributed by atoms with van der Waals surface area (Å²) in [6.07, 6.45) is 0. The van der Waals surface area contributed by atoms with E-state index in [0.717, 1.165) is 15.9 Å². The lowest BCUT2D eigenvalue weighted by atomic mass is 10.2. The number of benzene rings is 1. The van der Waals surface area contributed by atoms with Crippen LogP contribution in [0.25, 0.3) is 0 Å². The molecule has 1 N–H and O–H groups in total. The predicted molar refractivity (Wildman–Crippen MR) is 66.1 cm³/mol. The summed E-state index contributed by atoms with van der Waals surface area (Å²) in [5.74, 6) is 0. The molecule has 0 saturated heterocycles. The third-order valence-corrected chi connectivity index (χ3v) is 3.46. The molecule has 1 heterocycles. The van der Waals surface area contributed by atoms with Gasteiger partial charge in [0.1, 0.15) is 0 Å². The minimum absolute atomic E-state index is 0.714. The number of nitrogens with zero attached hydrogens (tertiary/aromatic N) is 2. The SMILES string of the molecule is Cc1ccc(NCc2csnn2)cc1Br. The molecule has 2 aromatic rings. The van der Waals surface area contributed by atoms with Gasteiger partial charge in [0, 0.05) is 15.5 Å². The standard InChI is InChI=1S/C10H10BrN3S/c1-7-2-3-8(4-10(7)11)12-5-9-6-15-14-13-9/h2-4,6,12H,5H2,1H3. The van der Waals surface area contributed by atoms with Gasteiger partial charge in [-0.15, -0.1) is 5.10 Å². The van der Waals surface area contributed by atoms with Crippen molar-refractivity contribution in [3.63, 3.8) is 0 Å². The topological polar surface area (TPSA) is 37.8 Å². The lowest BCUT2D eigenvalue weighted by Crippen LogP contribution is -1.99. The van der Waals surface area contributed by atoms with Crippen LogP contribution in [0.2, 0.25) is 0 Å². The first-order valence-electron chi connectivity index (χ1n) is 4.51. The van der Waals surface area contributed by atoms with Crippen LogP contribution in [0, 0.1) is 6.92 Å². The molecule has 0 spiro atoms. The van der Waals surface area contributed by atoms with E-state index in [4.69, 9.17) is 0 Å². The highest BCUT2D eigenvalue weighted by Crippen LogP contribution is 2.20. The number of aryl methyl sites for hydroxylation is 1. The average Bonchev–Trinajstić information content (AvgIpc) is 2.73. The van der Waals surface area contributed by atoms with Gasteiger partial charge in [0.15, 0.2) is 0 Å². The van der Waals surface area contributed by atoms with E-state index in [1.165, 1.54) is 17.1 Å². The van der Waals surface area contributed by atoms with Crippen LogP contribution in [0.4, 0.5) is 5.69 Å². The zero-order chi connectivity index (χ0) is 10.7. The summed E-state index contributed by atoms with van der Waals surface area (Å²) in [4.78, 5) is 0. The number of rotatable bonds is 3. The van der Waals surface area contributed by atoms with Gasteiger partial charge in [-0.1, -0.05) is 26.5 Å². The van der Waals surface area contributed by atoms with Crippen molar-refractivity contribution < 1.29 is 0 Å². The van der Waals surface area contributed by atoms with E-state index < -0.39 is 0 Å². The van der Waals surface area contributed by atoms with Crippen molar-refractivity contribution in [2.24, 2.45) is 0 Å². The third kappa shape index (κ3) is 2.76. The number of halogens is 1. The van der Waals surface area contributed by atoms with Crippen molar-refractivity contribution in [2.75, 3.05) is 5.32 Å². The second kappa shape index (κ2) is 4.72. The summed E-state index contributed by atoms with van der Waals surface area (Å²) >= 11 is 4.87. The number of anilines is 1. The van der Waals surface area contributed by atoms with E-state index >= 15 is 0 Å². The Hall–Kier alpha value is -0.940. The van der Waals surface area contributed by atoms with Gasteiger partial charge in [-0.2, -0.15) is 0 Å². The van der Waals surface area contributed by atoms with Crippen LogP contribution in [0.5, 0.6) is 0 Å². The van der Waals surface area contributed by atoms with Gasteiger partial charge in [-0.3, -0.25) is 0 Å². The van der Waals surface area contributed by atoms with Crippen LogP contribution in [0.15, 0.2) is 28.1 Å². The fourth-order valence-corrected chi connectivity index (χ4v) is 1.99. The van der Waals surface area contributed by atoms with Crippen LogP contribution >= 0.6 is 27.5 Å². The molecular formula is C10H10BrN3S. The minimum Gasteiger partial charge on any atom is -0.379 e. The minimum atomic E-state index is 0.714. The summed E-state index contributed by atoms with van der Waals surface area (Å²) in [5.41, 5.74) is 3.29. The second-order valence-corrected chi connectivity index (χ2v) is 4.68. The van der Waals surface area contributed by atoms with E-state index in [-0.39, 0.29) is 0 Å². The predicted octanol–water partition coefficient (Wildman–Crippen LogP) is 3.22. The van der Waals surface area contributed by atoms with Crippen molar-refractivity contribution in [2.45, 2.75) is 13.5 Å². The van der Waals surface area contributed by atoms with Crippen molar-refractivity contribution in [1.82, 2.24) is 9.59 Å². The highest BCUT2D eigenvalue weighted by atomic mass is 79.9. The van der Waals surface area contributed by atoms with E-state index in [1.807, 2.05) is 5.38 Å². The molecule has 5 heteroatoms. The quantitative estimate of drug-likeness (QED) is 0.940. The molecule has 1 aromatic carbocycles. The zero-order valence-electron chi connectivity index (χ0n) is 8.20. The summed E-state index contributed by atoms with van der Waals surface area (Å²) < 4.78 is 4.92. The molecule has 0 radical (unpaired) electrons. The molecule has 0 unspecified atom stereocenters. The number of nitrogens with one attached hydrogen (secondary N) is 1. The zero-order valence-corrected chi connectivity index (χ0v) is 10.6. The van der Waals surface area contributed by atoms with Crippen molar-refractivity contribution in [3.8, 4) is 0 Å². The smallest absolute Gasteiger partial charge is 0.0946 e. The first-order chi connectivity index (χ1) is 7.25. The molecule has 78 valence electrons.